The second kappa shape index (κ2) is 11.6. The second-order valence-electron chi connectivity index (χ2n) is 10.3. The van der Waals surface area contributed by atoms with Gasteiger partial charge in [-0.25, -0.2) is 0 Å². The minimum Gasteiger partial charge on any atom is -1.00 e. The van der Waals surface area contributed by atoms with E-state index in [1.807, 2.05) is 0 Å². The first-order valence-electron chi connectivity index (χ1n) is 13.0. The molecular weight excluding hydrogens is 587 g/mol. The van der Waals surface area contributed by atoms with E-state index in [2.05, 4.69) is 118 Å². The molecule has 0 saturated carbocycles. The monoisotopic (exact) mass is 616 g/mol. The molecule has 0 bridgehead atoms. The van der Waals surface area contributed by atoms with E-state index in [0.29, 0.717) is 9.54 Å². The molecule has 2 aliphatic rings. The van der Waals surface area contributed by atoms with E-state index in [9.17, 15) is 0 Å². The van der Waals surface area contributed by atoms with Gasteiger partial charge in [0.25, 0.3) is 0 Å². The summed E-state index contributed by atoms with van der Waals surface area (Å²) in [6.07, 6.45) is 3.61. The molecular formula is C33H32Cl2SiZr. The Bertz CT molecular complexity index is 1470. The first kappa shape index (κ1) is 28.3. The molecule has 0 radical (unpaired) electrons. The molecule has 37 heavy (non-hydrogen) atoms. The summed E-state index contributed by atoms with van der Waals surface area (Å²) in [6.45, 7) is 9.68. The summed E-state index contributed by atoms with van der Waals surface area (Å²) >= 11 is -0.514. The number of hydrogen-bond donors (Lipinski definition) is 0. The minimum atomic E-state index is -0.585. The SMILES string of the molecule is CCC1=Cc2c(-c3cccc(C)c3)cccc2C1c1cccc2c1[CH]([Zr+2][SiH](C)C)c1ccccc1-2.[Cl-].[Cl-]. The maximum Gasteiger partial charge on any atom is -1.00 e. The summed E-state index contributed by atoms with van der Waals surface area (Å²) in [4.78, 5) is 0. The molecule has 4 heteroatoms. The van der Waals surface area contributed by atoms with E-state index in [4.69, 9.17) is 0 Å². The van der Waals surface area contributed by atoms with E-state index < -0.39 is 28.3 Å². The van der Waals surface area contributed by atoms with E-state index in [1.165, 1.54) is 38.9 Å². The predicted octanol–water partition coefficient (Wildman–Crippen LogP) is 2.74. The van der Waals surface area contributed by atoms with Gasteiger partial charge in [-0.2, -0.15) is 0 Å². The molecule has 0 saturated heterocycles. The van der Waals surface area contributed by atoms with Crippen LogP contribution in [0.3, 0.4) is 0 Å². The predicted molar refractivity (Wildman–Crippen MR) is 149 cm³/mol. The van der Waals surface area contributed by atoms with E-state index >= 15 is 0 Å². The van der Waals surface area contributed by atoms with Gasteiger partial charge in [-0.15, -0.1) is 0 Å². The van der Waals surface area contributed by atoms with Gasteiger partial charge in [0.15, 0.2) is 0 Å². The fourth-order valence-electron chi connectivity index (χ4n) is 6.25. The van der Waals surface area contributed by atoms with Gasteiger partial charge in [-0.3, -0.25) is 0 Å². The minimum absolute atomic E-state index is 0. The fourth-order valence-corrected chi connectivity index (χ4v) is 16.1. The van der Waals surface area contributed by atoms with Crippen molar-refractivity contribution < 1.29 is 47.2 Å². The van der Waals surface area contributed by atoms with Crippen molar-refractivity contribution in [2.75, 3.05) is 0 Å². The molecule has 0 fully saturated rings. The van der Waals surface area contributed by atoms with Gasteiger partial charge in [-0.1, -0.05) is 0 Å². The first-order chi connectivity index (χ1) is 17.1. The number of allylic oxidation sites excluding steroid dienone is 1. The smallest absolute Gasteiger partial charge is 1.00 e. The van der Waals surface area contributed by atoms with Gasteiger partial charge < -0.3 is 24.8 Å². The topological polar surface area (TPSA) is 0 Å². The first-order valence-corrected chi connectivity index (χ1v) is 21.5. The van der Waals surface area contributed by atoms with Crippen LogP contribution < -0.4 is 24.8 Å². The van der Waals surface area contributed by atoms with E-state index in [0.717, 1.165) is 6.42 Å². The molecule has 0 amide bonds. The van der Waals surface area contributed by atoms with E-state index in [1.54, 1.807) is 22.3 Å². The molecule has 2 unspecified atom stereocenters. The average molecular weight is 619 g/mol. The largest absolute Gasteiger partial charge is 1.00 e. The Labute approximate surface area is 246 Å². The van der Waals surface area contributed by atoms with Crippen LogP contribution in [-0.4, -0.2) is 5.92 Å². The molecule has 0 spiro atoms. The molecule has 2 aliphatic carbocycles. The van der Waals surface area contributed by atoms with Crippen molar-refractivity contribution in [1.29, 1.82) is 0 Å². The fraction of sp³-hybridized carbons (Fsp3) is 0.212. The summed E-state index contributed by atoms with van der Waals surface area (Å²) in [7, 11) is 0. The van der Waals surface area contributed by atoms with Crippen molar-refractivity contribution in [3.8, 4) is 22.3 Å². The Morgan fingerprint density at radius 1 is 0.730 bits per heavy atom. The van der Waals surface area contributed by atoms with Crippen LogP contribution in [-0.2, 0) is 22.4 Å². The Balaban J connectivity index is 0.00000160. The van der Waals surface area contributed by atoms with Gasteiger partial charge >= 0.3 is 223 Å². The molecule has 0 nitrogen and oxygen atoms in total. The van der Waals surface area contributed by atoms with Crippen LogP contribution >= 0.6 is 0 Å². The van der Waals surface area contributed by atoms with Crippen LogP contribution in [0, 0.1) is 6.92 Å². The zero-order valence-electron chi connectivity index (χ0n) is 21.9. The normalized spacial score (nSPS) is 16.6. The molecule has 2 atom stereocenters. The number of halogens is 2. The van der Waals surface area contributed by atoms with Crippen molar-refractivity contribution in [3.63, 3.8) is 0 Å². The second-order valence-corrected chi connectivity index (χ2v) is 25.4. The molecule has 0 N–H and O–H groups in total. The van der Waals surface area contributed by atoms with Crippen molar-refractivity contribution >= 4 is 12.0 Å². The summed E-state index contributed by atoms with van der Waals surface area (Å²) in [5.74, 6) is -0.210. The molecule has 0 aromatic heterocycles. The van der Waals surface area contributed by atoms with E-state index in [-0.39, 0.29) is 24.8 Å². The molecule has 4 aromatic rings. The number of rotatable bonds is 5. The van der Waals surface area contributed by atoms with Gasteiger partial charge in [-0.05, 0) is 0 Å². The standard InChI is InChI=1S/C31H25.C2H7Si.2ClH.Zr/c1-3-21-18-29-25(22-11-6-9-20(2)17-22)13-7-15-27(29)31(21)28-16-8-14-26-24-12-5-4-10-23(24)19-30(26)28;1-3-2;;;/h4-19,31H,3H2,1-2H3;3H,1-2H3;2*1H;/q;;;;+2/p-2. The van der Waals surface area contributed by atoms with Gasteiger partial charge in [0.1, 0.15) is 0 Å². The van der Waals surface area contributed by atoms with Gasteiger partial charge in [0, 0.05) is 0 Å². The van der Waals surface area contributed by atoms with Crippen molar-refractivity contribution in [3.05, 3.63) is 124 Å². The molecule has 4 aromatic carbocycles. The zero-order chi connectivity index (χ0) is 24.1. The van der Waals surface area contributed by atoms with Crippen molar-refractivity contribution in [1.82, 2.24) is 0 Å². The molecule has 0 heterocycles. The number of fused-ring (bicyclic) bond motifs is 4. The number of aryl methyl sites for hydroxylation is 1. The quantitative estimate of drug-likeness (QED) is 0.302. The Hall–Kier alpha value is -1.70. The number of benzene rings is 4. The summed E-state index contributed by atoms with van der Waals surface area (Å²) < 4.78 is 0.703. The Morgan fingerprint density at radius 2 is 1.38 bits per heavy atom. The van der Waals surface area contributed by atoms with Crippen LogP contribution in [0.2, 0.25) is 13.1 Å². The van der Waals surface area contributed by atoms with Crippen molar-refractivity contribution in [2.45, 2.75) is 42.9 Å². The summed E-state index contributed by atoms with van der Waals surface area (Å²) in [6, 6.07) is 32.4. The van der Waals surface area contributed by atoms with Gasteiger partial charge in [0.2, 0.25) is 0 Å². The maximum absolute atomic E-state index is 2.58. The number of hydrogen-bond acceptors (Lipinski definition) is 0. The van der Waals surface area contributed by atoms with Crippen molar-refractivity contribution in [2.24, 2.45) is 0 Å². The molecule has 0 aliphatic heterocycles. The van der Waals surface area contributed by atoms with Crippen LogP contribution in [0.4, 0.5) is 0 Å². The van der Waals surface area contributed by atoms with Crippen LogP contribution in [0.15, 0.2) is 90.5 Å². The average Bonchev–Trinajstić information content (AvgIpc) is 3.40. The summed E-state index contributed by atoms with van der Waals surface area (Å²) in [5.41, 5.74) is 16.4. The Kier molecular flexibility index (Phi) is 8.86. The third-order valence-corrected chi connectivity index (χ3v) is 17.5. The zero-order valence-corrected chi connectivity index (χ0v) is 27.0. The third kappa shape index (κ3) is 4.92. The maximum atomic E-state index is 2.58. The third-order valence-electron chi connectivity index (χ3n) is 7.69. The van der Waals surface area contributed by atoms with Crippen LogP contribution in [0.5, 0.6) is 0 Å². The molecule has 6 rings (SSSR count). The Morgan fingerprint density at radius 3 is 2.11 bits per heavy atom. The van der Waals surface area contributed by atoms with Gasteiger partial charge in [0.05, 0.1) is 0 Å². The van der Waals surface area contributed by atoms with Crippen LogP contribution in [0.25, 0.3) is 28.3 Å². The molecule has 186 valence electrons. The summed E-state index contributed by atoms with van der Waals surface area (Å²) in [5, 5.41) is 0. The van der Waals surface area contributed by atoms with Crippen LogP contribution in [0.1, 0.15) is 56.3 Å².